The van der Waals surface area contributed by atoms with E-state index >= 15 is 0 Å². The molecule has 0 radical (unpaired) electrons. The van der Waals surface area contributed by atoms with Crippen LogP contribution >= 0.6 is 0 Å². The average Bonchev–Trinajstić information content (AvgIpc) is 2.12. The Labute approximate surface area is 78.0 Å². The van der Waals surface area contributed by atoms with E-state index in [0.29, 0.717) is 13.2 Å². The molecule has 5 nitrogen and oxygen atoms in total. The summed E-state index contributed by atoms with van der Waals surface area (Å²) in [6.07, 6.45) is 0. The summed E-state index contributed by atoms with van der Waals surface area (Å²) in [7, 11) is 1.57. The topological polar surface area (TPSA) is 67.8 Å². The number of aliphatic hydroxyl groups is 1. The van der Waals surface area contributed by atoms with Gasteiger partial charge in [0.1, 0.15) is 6.61 Å². The molecule has 1 amide bonds. The number of nitrogens with one attached hydrogen (secondary N) is 1. The standard InChI is InChI=1S/C8H17NO4/c1-7(5-10)9-8(11)6-13-4-3-12-2/h7,10H,3-6H2,1-2H3,(H,9,11)/t7-/m1/s1. The van der Waals surface area contributed by atoms with Crippen LogP contribution in [0.2, 0.25) is 0 Å². The molecule has 0 unspecified atom stereocenters. The van der Waals surface area contributed by atoms with Crippen LogP contribution in [-0.2, 0) is 14.3 Å². The van der Waals surface area contributed by atoms with Crippen LogP contribution in [0.15, 0.2) is 0 Å². The fourth-order valence-electron chi connectivity index (χ4n) is 0.669. The zero-order valence-corrected chi connectivity index (χ0v) is 8.08. The smallest absolute Gasteiger partial charge is 0.246 e. The molecule has 0 rings (SSSR count). The number of hydrogen-bond acceptors (Lipinski definition) is 4. The van der Waals surface area contributed by atoms with E-state index in [-0.39, 0.29) is 25.2 Å². The van der Waals surface area contributed by atoms with Gasteiger partial charge in [-0.2, -0.15) is 0 Å². The second kappa shape index (κ2) is 7.97. The Morgan fingerprint density at radius 1 is 1.54 bits per heavy atom. The second-order valence-electron chi connectivity index (χ2n) is 2.70. The Kier molecular flexibility index (Phi) is 7.57. The highest BCUT2D eigenvalue weighted by Gasteiger charge is 2.05. The van der Waals surface area contributed by atoms with E-state index in [9.17, 15) is 4.79 Å². The molecule has 0 aromatic heterocycles. The summed E-state index contributed by atoms with van der Waals surface area (Å²) < 4.78 is 9.69. The number of amides is 1. The molecule has 0 aliphatic rings. The molecule has 0 aromatic rings. The van der Waals surface area contributed by atoms with Crippen molar-refractivity contribution in [3.63, 3.8) is 0 Å². The highest BCUT2D eigenvalue weighted by molar-refractivity contribution is 5.77. The van der Waals surface area contributed by atoms with Crippen LogP contribution in [0.4, 0.5) is 0 Å². The van der Waals surface area contributed by atoms with E-state index in [4.69, 9.17) is 14.6 Å². The molecule has 1 atom stereocenters. The largest absolute Gasteiger partial charge is 0.394 e. The van der Waals surface area contributed by atoms with Gasteiger partial charge in [-0.1, -0.05) is 0 Å². The Hall–Kier alpha value is -0.650. The highest BCUT2D eigenvalue weighted by Crippen LogP contribution is 1.81. The lowest BCUT2D eigenvalue weighted by atomic mass is 10.3. The third-order valence-corrected chi connectivity index (χ3v) is 1.35. The number of ether oxygens (including phenoxy) is 2. The maximum absolute atomic E-state index is 11.0. The van der Waals surface area contributed by atoms with Gasteiger partial charge < -0.3 is 19.9 Å². The van der Waals surface area contributed by atoms with Crippen molar-refractivity contribution in [2.75, 3.05) is 33.5 Å². The highest BCUT2D eigenvalue weighted by atomic mass is 16.5. The lowest BCUT2D eigenvalue weighted by molar-refractivity contribution is -0.127. The molecule has 0 heterocycles. The zero-order chi connectivity index (χ0) is 10.1. The number of rotatable bonds is 7. The molecule has 13 heavy (non-hydrogen) atoms. The lowest BCUT2D eigenvalue weighted by Gasteiger charge is -2.10. The summed E-state index contributed by atoms with van der Waals surface area (Å²) in [6.45, 7) is 2.53. The summed E-state index contributed by atoms with van der Waals surface area (Å²) in [5.41, 5.74) is 0. The molecule has 0 bridgehead atoms. The number of hydrogen-bond donors (Lipinski definition) is 2. The van der Waals surface area contributed by atoms with Crippen molar-refractivity contribution >= 4 is 5.91 Å². The molecule has 0 aliphatic heterocycles. The monoisotopic (exact) mass is 191 g/mol. The molecular weight excluding hydrogens is 174 g/mol. The molecule has 0 saturated carbocycles. The minimum atomic E-state index is -0.224. The van der Waals surface area contributed by atoms with Gasteiger partial charge in [0, 0.05) is 13.2 Å². The molecule has 0 spiro atoms. The fraction of sp³-hybridized carbons (Fsp3) is 0.875. The van der Waals surface area contributed by atoms with E-state index < -0.39 is 0 Å². The van der Waals surface area contributed by atoms with Crippen LogP contribution in [0.1, 0.15) is 6.92 Å². The molecule has 5 heteroatoms. The van der Waals surface area contributed by atoms with Crippen LogP contribution in [0.3, 0.4) is 0 Å². The van der Waals surface area contributed by atoms with Crippen molar-refractivity contribution in [2.45, 2.75) is 13.0 Å². The minimum Gasteiger partial charge on any atom is -0.394 e. The van der Waals surface area contributed by atoms with Crippen LogP contribution < -0.4 is 5.32 Å². The van der Waals surface area contributed by atoms with Gasteiger partial charge >= 0.3 is 0 Å². The average molecular weight is 191 g/mol. The molecule has 0 saturated heterocycles. The van der Waals surface area contributed by atoms with Gasteiger partial charge in [-0.25, -0.2) is 0 Å². The summed E-state index contributed by atoms with van der Waals surface area (Å²) in [5.74, 6) is -0.224. The first-order valence-electron chi connectivity index (χ1n) is 4.17. The Morgan fingerprint density at radius 3 is 2.77 bits per heavy atom. The van der Waals surface area contributed by atoms with Gasteiger partial charge in [0.05, 0.1) is 19.8 Å². The van der Waals surface area contributed by atoms with E-state index in [0.717, 1.165) is 0 Å². The van der Waals surface area contributed by atoms with E-state index in [1.54, 1.807) is 14.0 Å². The first kappa shape index (κ1) is 12.3. The summed E-state index contributed by atoms with van der Waals surface area (Å²) in [4.78, 5) is 11.0. The summed E-state index contributed by atoms with van der Waals surface area (Å²) in [6, 6.07) is -0.224. The number of carbonyl (C=O) groups is 1. The van der Waals surface area contributed by atoms with Gasteiger partial charge in [0.25, 0.3) is 0 Å². The van der Waals surface area contributed by atoms with Gasteiger partial charge in [0.2, 0.25) is 5.91 Å². The van der Waals surface area contributed by atoms with Gasteiger partial charge in [-0.05, 0) is 6.92 Å². The van der Waals surface area contributed by atoms with Crippen molar-refractivity contribution in [1.82, 2.24) is 5.32 Å². The molecule has 0 aliphatic carbocycles. The Bertz CT molecular complexity index is 140. The first-order valence-corrected chi connectivity index (χ1v) is 4.17. The number of methoxy groups -OCH3 is 1. The van der Waals surface area contributed by atoms with Crippen molar-refractivity contribution in [3.05, 3.63) is 0 Å². The maximum atomic E-state index is 11.0. The SMILES string of the molecule is COCCOCC(=O)N[C@H](C)CO. The van der Waals surface area contributed by atoms with Crippen molar-refractivity contribution in [3.8, 4) is 0 Å². The van der Waals surface area contributed by atoms with Crippen LogP contribution in [-0.4, -0.2) is 50.6 Å². The predicted molar refractivity (Wildman–Crippen MR) is 47.4 cm³/mol. The number of carbonyl (C=O) groups excluding carboxylic acids is 1. The molecule has 0 fully saturated rings. The maximum Gasteiger partial charge on any atom is 0.246 e. The zero-order valence-electron chi connectivity index (χ0n) is 8.08. The fourth-order valence-corrected chi connectivity index (χ4v) is 0.669. The van der Waals surface area contributed by atoms with Gasteiger partial charge in [-0.15, -0.1) is 0 Å². The van der Waals surface area contributed by atoms with Crippen LogP contribution in [0, 0.1) is 0 Å². The van der Waals surface area contributed by atoms with E-state index in [1.807, 2.05) is 0 Å². The molecule has 2 N–H and O–H groups in total. The van der Waals surface area contributed by atoms with Gasteiger partial charge in [-0.3, -0.25) is 4.79 Å². The number of aliphatic hydroxyl groups excluding tert-OH is 1. The second-order valence-corrected chi connectivity index (χ2v) is 2.70. The minimum absolute atomic E-state index is 0.00764. The van der Waals surface area contributed by atoms with Gasteiger partial charge in [0.15, 0.2) is 0 Å². The van der Waals surface area contributed by atoms with Crippen LogP contribution in [0.5, 0.6) is 0 Å². The predicted octanol–water partition coefficient (Wildman–Crippen LogP) is -0.854. The quantitative estimate of drug-likeness (QED) is 0.514. The third kappa shape index (κ3) is 7.70. The first-order chi connectivity index (χ1) is 6.20. The lowest BCUT2D eigenvalue weighted by Crippen LogP contribution is -2.37. The normalized spacial score (nSPS) is 12.5. The Morgan fingerprint density at radius 2 is 2.23 bits per heavy atom. The summed E-state index contributed by atoms with van der Waals surface area (Å²) >= 11 is 0. The molecular formula is C8H17NO4. The summed E-state index contributed by atoms with van der Waals surface area (Å²) in [5, 5.41) is 11.2. The van der Waals surface area contributed by atoms with Crippen molar-refractivity contribution < 1.29 is 19.4 Å². The van der Waals surface area contributed by atoms with E-state index in [2.05, 4.69) is 5.32 Å². The molecule has 0 aromatic carbocycles. The van der Waals surface area contributed by atoms with E-state index in [1.165, 1.54) is 0 Å². The van der Waals surface area contributed by atoms with Crippen LogP contribution in [0.25, 0.3) is 0 Å². The molecule has 78 valence electrons. The van der Waals surface area contributed by atoms with Crippen molar-refractivity contribution in [1.29, 1.82) is 0 Å². The van der Waals surface area contributed by atoms with Crippen molar-refractivity contribution in [2.24, 2.45) is 0 Å². The Balaban J connectivity index is 3.30. The third-order valence-electron chi connectivity index (χ3n) is 1.35.